The van der Waals surface area contributed by atoms with Gasteiger partial charge < -0.3 is 20.0 Å². The number of carboxylic acids is 1. The quantitative estimate of drug-likeness (QED) is 0.848. The molecule has 0 bridgehead atoms. The number of carbonyl (C=O) groups is 1. The first-order valence-corrected chi connectivity index (χ1v) is 7.34. The van der Waals surface area contributed by atoms with Gasteiger partial charge in [0.1, 0.15) is 18.8 Å². The molecule has 0 amide bonds. The Kier molecular flexibility index (Phi) is 5.36. The lowest BCUT2D eigenvalue weighted by Gasteiger charge is -2.09. The van der Waals surface area contributed by atoms with E-state index in [-0.39, 0.29) is 5.56 Å². The van der Waals surface area contributed by atoms with Crippen LogP contribution in [0.4, 0.5) is 0 Å². The third-order valence-electron chi connectivity index (χ3n) is 3.18. The van der Waals surface area contributed by atoms with Crippen LogP contribution in [0.3, 0.4) is 0 Å². The zero-order valence-corrected chi connectivity index (χ0v) is 13.2. The SMILES string of the molecule is COc1ccc(Br)cc1C[NH2+]Cc1ccc(C(=O)[O-])cc1. The first-order chi connectivity index (χ1) is 10.1. The summed E-state index contributed by atoms with van der Waals surface area (Å²) < 4.78 is 6.35. The molecule has 0 aromatic heterocycles. The lowest BCUT2D eigenvalue weighted by molar-refractivity contribution is -0.686. The molecular formula is C16H16BrNO3. The normalized spacial score (nSPS) is 10.4. The fourth-order valence-corrected chi connectivity index (χ4v) is 2.49. The van der Waals surface area contributed by atoms with Crippen molar-refractivity contribution in [2.75, 3.05) is 7.11 Å². The molecular weight excluding hydrogens is 334 g/mol. The molecule has 0 unspecified atom stereocenters. The molecule has 0 radical (unpaired) electrons. The maximum atomic E-state index is 10.7. The Morgan fingerprint density at radius 1 is 1.19 bits per heavy atom. The maximum Gasteiger partial charge on any atom is 0.127 e. The monoisotopic (exact) mass is 349 g/mol. The van der Waals surface area contributed by atoms with Crippen LogP contribution >= 0.6 is 15.9 Å². The average Bonchev–Trinajstić information content (AvgIpc) is 2.48. The number of quaternary nitrogens is 1. The molecule has 2 rings (SSSR count). The summed E-state index contributed by atoms with van der Waals surface area (Å²) >= 11 is 3.45. The van der Waals surface area contributed by atoms with Crippen LogP contribution in [-0.4, -0.2) is 13.1 Å². The maximum absolute atomic E-state index is 10.7. The Bertz CT molecular complexity index is 626. The molecule has 0 atom stereocenters. The van der Waals surface area contributed by atoms with Crippen molar-refractivity contribution in [2.45, 2.75) is 13.1 Å². The number of hydrogen-bond acceptors (Lipinski definition) is 3. The van der Waals surface area contributed by atoms with E-state index in [1.54, 1.807) is 31.4 Å². The number of aromatic carboxylic acids is 1. The van der Waals surface area contributed by atoms with Gasteiger partial charge in [-0.2, -0.15) is 0 Å². The van der Waals surface area contributed by atoms with Crippen LogP contribution in [0, 0.1) is 0 Å². The number of methoxy groups -OCH3 is 1. The molecule has 0 heterocycles. The standard InChI is InChI=1S/C16H16BrNO3/c1-21-15-7-6-14(17)8-13(15)10-18-9-11-2-4-12(5-3-11)16(19)20/h2-8,18H,9-10H2,1H3,(H,19,20). The Balaban J connectivity index is 1.95. The fraction of sp³-hybridized carbons (Fsp3) is 0.188. The van der Waals surface area contributed by atoms with Gasteiger partial charge in [-0.25, -0.2) is 0 Å². The van der Waals surface area contributed by atoms with Crippen LogP contribution in [0.2, 0.25) is 0 Å². The van der Waals surface area contributed by atoms with Crippen LogP contribution in [0.25, 0.3) is 0 Å². The van der Waals surface area contributed by atoms with E-state index >= 15 is 0 Å². The van der Waals surface area contributed by atoms with E-state index in [1.165, 1.54) is 0 Å². The third-order valence-corrected chi connectivity index (χ3v) is 3.67. The van der Waals surface area contributed by atoms with Crippen molar-refractivity contribution in [3.05, 3.63) is 63.6 Å². The number of carboxylic acid groups (broad SMARTS) is 1. The van der Waals surface area contributed by atoms with Crippen molar-refractivity contribution in [3.63, 3.8) is 0 Å². The van der Waals surface area contributed by atoms with Gasteiger partial charge in [-0.1, -0.05) is 40.2 Å². The molecule has 4 nitrogen and oxygen atoms in total. The first kappa shape index (κ1) is 15.5. The number of hydrogen-bond donors (Lipinski definition) is 1. The molecule has 2 N–H and O–H groups in total. The molecule has 0 aliphatic heterocycles. The van der Waals surface area contributed by atoms with Gasteiger partial charge in [0, 0.05) is 15.6 Å². The molecule has 0 saturated carbocycles. The van der Waals surface area contributed by atoms with E-state index in [0.29, 0.717) is 0 Å². The van der Waals surface area contributed by atoms with Crippen molar-refractivity contribution in [1.29, 1.82) is 0 Å². The largest absolute Gasteiger partial charge is 0.545 e. The Morgan fingerprint density at radius 3 is 2.52 bits per heavy atom. The molecule has 0 aliphatic rings. The van der Waals surface area contributed by atoms with Crippen LogP contribution < -0.4 is 15.2 Å². The number of ether oxygens (including phenoxy) is 1. The topological polar surface area (TPSA) is 66.0 Å². The minimum absolute atomic E-state index is 0.201. The Labute approximate surface area is 131 Å². The summed E-state index contributed by atoms with van der Waals surface area (Å²) in [5.74, 6) is -0.286. The van der Waals surface area contributed by atoms with Gasteiger partial charge >= 0.3 is 0 Å². The van der Waals surface area contributed by atoms with E-state index in [9.17, 15) is 9.90 Å². The van der Waals surface area contributed by atoms with Crippen LogP contribution in [0.15, 0.2) is 46.9 Å². The predicted octanol–water partition coefficient (Wildman–Crippen LogP) is 1.08. The van der Waals surface area contributed by atoms with E-state index in [1.807, 2.05) is 18.2 Å². The van der Waals surface area contributed by atoms with Crippen molar-refractivity contribution >= 4 is 21.9 Å². The van der Waals surface area contributed by atoms with Crippen LogP contribution in [0.1, 0.15) is 21.5 Å². The summed E-state index contributed by atoms with van der Waals surface area (Å²) in [6.07, 6.45) is 0. The highest BCUT2D eigenvalue weighted by molar-refractivity contribution is 9.10. The molecule has 0 saturated heterocycles. The second-order valence-electron chi connectivity index (χ2n) is 4.64. The fourth-order valence-electron chi connectivity index (χ4n) is 2.08. The molecule has 110 valence electrons. The van der Waals surface area contributed by atoms with Gasteiger partial charge in [-0.05, 0) is 23.8 Å². The van der Waals surface area contributed by atoms with E-state index in [0.717, 1.165) is 34.4 Å². The molecule has 0 fully saturated rings. The first-order valence-electron chi connectivity index (χ1n) is 6.54. The van der Waals surface area contributed by atoms with Crippen molar-refractivity contribution in [1.82, 2.24) is 0 Å². The average molecular weight is 350 g/mol. The van der Waals surface area contributed by atoms with E-state index in [2.05, 4.69) is 21.2 Å². The summed E-state index contributed by atoms with van der Waals surface area (Å²) in [6.45, 7) is 1.55. The zero-order valence-electron chi connectivity index (χ0n) is 11.6. The van der Waals surface area contributed by atoms with Gasteiger partial charge in [0.2, 0.25) is 0 Å². The molecule has 2 aromatic rings. The van der Waals surface area contributed by atoms with Crippen molar-refractivity contribution in [3.8, 4) is 5.75 Å². The molecule has 5 heteroatoms. The summed E-state index contributed by atoms with van der Waals surface area (Å²) in [6, 6.07) is 12.7. The van der Waals surface area contributed by atoms with Gasteiger partial charge in [-0.3, -0.25) is 0 Å². The van der Waals surface area contributed by atoms with E-state index in [4.69, 9.17) is 4.74 Å². The number of nitrogens with two attached hydrogens (primary N) is 1. The van der Waals surface area contributed by atoms with Gasteiger partial charge in [-0.15, -0.1) is 0 Å². The highest BCUT2D eigenvalue weighted by Gasteiger charge is 2.06. The molecule has 0 aliphatic carbocycles. The summed E-state index contributed by atoms with van der Waals surface area (Å²) in [4.78, 5) is 10.7. The summed E-state index contributed by atoms with van der Waals surface area (Å²) in [7, 11) is 1.66. The number of benzene rings is 2. The Morgan fingerprint density at radius 2 is 1.90 bits per heavy atom. The van der Waals surface area contributed by atoms with Gasteiger partial charge in [0.15, 0.2) is 0 Å². The number of carbonyl (C=O) groups excluding carboxylic acids is 1. The molecule has 21 heavy (non-hydrogen) atoms. The highest BCUT2D eigenvalue weighted by Crippen LogP contribution is 2.21. The smallest absolute Gasteiger partial charge is 0.127 e. The minimum Gasteiger partial charge on any atom is -0.545 e. The van der Waals surface area contributed by atoms with Gasteiger partial charge in [0.05, 0.1) is 13.1 Å². The summed E-state index contributed by atoms with van der Waals surface area (Å²) in [5.41, 5.74) is 2.37. The van der Waals surface area contributed by atoms with Crippen LogP contribution in [0.5, 0.6) is 5.75 Å². The lowest BCUT2D eigenvalue weighted by Crippen LogP contribution is -2.80. The summed E-state index contributed by atoms with van der Waals surface area (Å²) in [5, 5.41) is 12.8. The molecule has 0 spiro atoms. The third kappa shape index (κ3) is 4.31. The predicted molar refractivity (Wildman–Crippen MR) is 80.8 cm³/mol. The highest BCUT2D eigenvalue weighted by atomic mass is 79.9. The number of rotatable bonds is 6. The Hall–Kier alpha value is -1.85. The van der Waals surface area contributed by atoms with Gasteiger partial charge in [0.25, 0.3) is 0 Å². The second kappa shape index (κ2) is 7.24. The van der Waals surface area contributed by atoms with E-state index < -0.39 is 5.97 Å². The van der Waals surface area contributed by atoms with Crippen LogP contribution in [-0.2, 0) is 13.1 Å². The number of halogens is 1. The zero-order chi connectivity index (χ0) is 15.2. The van der Waals surface area contributed by atoms with Crippen molar-refractivity contribution < 1.29 is 20.0 Å². The minimum atomic E-state index is -1.15. The molecule has 2 aromatic carbocycles. The van der Waals surface area contributed by atoms with Crippen molar-refractivity contribution in [2.24, 2.45) is 0 Å². The second-order valence-corrected chi connectivity index (χ2v) is 5.55. The lowest BCUT2D eigenvalue weighted by atomic mass is 10.1.